The standard InChI is InChI=1S/C20H15N5O4/c1-13-21-22-23-25(13)17(11-14-7-3-2-4-8-14)20(28)29-12-24-18(26)15-9-5-6-10-16(15)19(24)27/h2-11H,12H2,1H3/b17-11-. The quantitative estimate of drug-likeness (QED) is 0.372. The molecular formula is C20H15N5O4. The third-order valence-corrected chi connectivity index (χ3v) is 4.37. The van der Waals surface area contributed by atoms with Crippen molar-refractivity contribution < 1.29 is 19.1 Å². The number of tetrazole rings is 1. The fourth-order valence-corrected chi connectivity index (χ4v) is 2.92. The van der Waals surface area contributed by atoms with Crippen molar-refractivity contribution in [2.24, 2.45) is 0 Å². The third-order valence-electron chi connectivity index (χ3n) is 4.37. The van der Waals surface area contributed by atoms with Gasteiger partial charge in [-0.1, -0.05) is 42.5 Å². The van der Waals surface area contributed by atoms with Gasteiger partial charge in [0.15, 0.2) is 18.3 Å². The molecule has 1 aliphatic rings. The molecule has 2 amide bonds. The number of aromatic nitrogens is 4. The van der Waals surface area contributed by atoms with Gasteiger partial charge in [-0.2, -0.15) is 4.68 Å². The maximum absolute atomic E-state index is 12.8. The Morgan fingerprint density at radius 2 is 1.62 bits per heavy atom. The summed E-state index contributed by atoms with van der Waals surface area (Å²) < 4.78 is 6.51. The number of rotatable bonds is 5. The maximum atomic E-state index is 12.8. The molecule has 3 aromatic rings. The number of benzene rings is 2. The van der Waals surface area contributed by atoms with Crippen LogP contribution in [-0.4, -0.2) is 49.6 Å². The Morgan fingerprint density at radius 3 is 2.21 bits per heavy atom. The summed E-state index contributed by atoms with van der Waals surface area (Å²) in [5.74, 6) is -1.41. The highest BCUT2D eigenvalue weighted by Crippen LogP contribution is 2.22. The zero-order valence-electron chi connectivity index (χ0n) is 15.3. The molecule has 0 bridgehead atoms. The van der Waals surface area contributed by atoms with Gasteiger partial charge >= 0.3 is 5.97 Å². The van der Waals surface area contributed by atoms with E-state index in [1.807, 2.05) is 18.2 Å². The summed E-state index contributed by atoms with van der Waals surface area (Å²) in [6.07, 6.45) is 1.56. The van der Waals surface area contributed by atoms with Crippen LogP contribution in [0.5, 0.6) is 0 Å². The first-order chi connectivity index (χ1) is 14.1. The predicted molar refractivity (Wildman–Crippen MR) is 101 cm³/mol. The van der Waals surface area contributed by atoms with Crippen LogP contribution in [0.4, 0.5) is 0 Å². The highest BCUT2D eigenvalue weighted by molar-refractivity contribution is 6.21. The minimum absolute atomic E-state index is 0.0512. The van der Waals surface area contributed by atoms with Gasteiger partial charge in [0.05, 0.1) is 11.1 Å². The van der Waals surface area contributed by atoms with E-state index in [1.54, 1.807) is 49.4 Å². The van der Waals surface area contributed by atoms with Crippen molar-refractivity contribution >= 4 is 29.6 Å². The van der Waals surface area contributed by atoms with Crippen molar-refractivity contribution in [2.45, 2.75) is 6.92 Å². The first-order valence-corrected chi connectivity index (χ1v) is 8.70. The minimum Gasteiger partial charge on any atom is -0.439 e. The number of hydrogen-bond acceptors (Lipinski definition) is 7. The summed E-state index contributed by atoms with van der Waals surface area (Å²) in [7, 11) is 0. The molecule has 0 radical (unpaired) electrons. The van der Waals surface area contributed by atoms with Crippen LogP contribution >= 0.6 is 0 Å². The van der Waals surface area contributed by atoms with E-state index >= 15 is 0 Å². The molecule has 0 saturated heterocycles. The van der Waals surface area contributed by atoms with Gasteiger partial charge in [0.1, 0.15) is 0 Å². The Balaban J connectivity index is 1.57. The van der Waals surface area contributed by atoms with Crippen molar-refractivity contribution in [2.75, 3.05) is 6.73 Å². The number of fused-ring (bicyclic) bond motifs is 1. The summed E-state index contributed by atoms with van der Waals surface area (Å²) in [6, 6.07) is 15.5. The van der Waals surface area contributed by atoms with Gasteiger partial charge in [0.2, 0.25) is 0 Å². The number of imide groups is 1. The van der Waals surface area contributed by atoms with Crippen molar-refractivity contribution in [3.8, 4) is 0 Å². The molecule has 29 heavy (non-hydrogen) atoms. The van der Waals surface area contributed by atoms with Crippen molar-refractivity contribution in [1.29, 1.82) is 0 Å². The molecular weight excluding hydrogens is 374 g/mol. The molecule has 9 heteroatoms. The van der Waals surface area contributed by atoms with Crippen molar-refractivity contribution in [1.82, 2.24) is 25.1 Å². The number of aryl methyl sites for hydroxylation is 1. The molecule has 2 heterocycles. The Labute approximate surface area is 165 Å². The SMILES string of the molecule is Cc1nnnn1/C(=C\c1ccccc1)C(=O)OCN1C(=O)c2ccccc2C1=O. The summed E-state index contributed by atoms with van der Waals surface area (Å²) in [4.78, 5) is 38.5. The van der Waals surface area contributed by atoms with E-state index in [0.717, 1.165) is 10.5 Å². The van der Waals surface area contributed by atoms with Crippen LogP contribution in [-0.2, 0) is 9.53 Å². The summed E-state index contributed by atoms with van der Waals surface area (Å²) in [6.45, 7) is 1.12. The van der Waals surface area contributed by atoms with E-state index in [-0.39, 0.29) is 16.8 Å². The molecule has 0 aliphatic carbocycles. The highest BCUT2D eigenvalue weighted by Gasteiger charge is 2.36. The monoisotopic (exact) mass is 389 g/mol. The van der Waals surface area contributed by atoms with Crippen LogP contribution in [0.15, 0.2) is 54.6 Å². The minimum atomic E-state index is -0.777. The average Bonchev–Trinajstić information content (AvgIpc) is 3.27. The number of hydrogen-bond donors (Lipinski definition) is 0. The molecule has 4 rings (SSSR count). The molecule has 0 unspecified atom stereocenters. The van der Waals surface area contributed by atoms with Gasteiger partial charge in [0, 0.05) is 0 Å². The molecule has 9 nitrogen and oxygen atoms in total. The first kappa shape index (κ1) is 18.2. The van der Waals surface area contributed by atoms with E-state index in [2.05, 4.69) is 15.5 Å². The molecule has 0 saturated carbocycles. The Bertz CT molecular complexity index is 1100. The van der Waals surface area contributed by atoms with Gasteiger partial charge in [-0.05, 0) is 41.1 Å². The largest absolute Gasteiger partial charge is 0.439 e. The predicted octanol–water partition coefficient (Wildman–Crippen LogP) is 1.78. The molecule has 0 N–H and O–H groups in total. The van der Waals surface area contributed by atoms with Gasteiger partial charge in [-0.15, -0.1) is 5.10 Å². The second kappa shape index (κ2) is 7.47. The lowest BCUT2D eigenvalue weighted by Gasteiger charge is -2.15. The van der Waals surface area contributed by atoms with Crippen molar-refractivity contribution in [3.63, 3.8) is 0 Å². The number of ether oxygens (including phenoxy) is 1. The first-order valence-electron chi connectivity index (χ1n) is 8.70. The molecule has 0 atom stereocenters. The number of carbonyl (C=O) groups is 3. The van der Waals surface area contributed by atoms with Crippen LogP contribution < -0.4 is 0 Å². The van der Waals surface area contributed by atoms with E-state index in [9.17, 15) is 14.4 Å². The van der Waals surface area contributed by atoms with E-state index < -0.39 is 24.5 Å². The third kappa shape index (κ3) is 3.41. The topological polar surface area (TPSA) is 107 Å². The Hall–Kier alpha value is -4.14. The summed E-state index contributed by atoms with van der Waals surface area (Å²) in [5.41, 5.74) is 1.35. The molecule has 1 aromatic heterocycles. The number of carbonyl (C=O) groups excluding carboxylic acids is 3. The molecule has 1 aliphatic heterocycles. The van der Waals surface area contributed by atoms with Crippen LogP contribution in [0, 0.1) is 6.92 Å². The fourth-order valence-electron chi connectivity index (χ4n) is 2.92. The van der Waals surface area contributed by atoms with Crippen LogP contribution in [0.3, 0.4) is 0 Å². The summed E-state index contributed by atoms with van der Waals surface area (Å²) >= 11 is 0. The lowest BCUT2D eigenvalue weighted by Crippen LogP contribution is -2.33. The Kier molecular flexibility index (Phi) is 4.70. The van der Waals surface area contributed by atoms with Gasteiger partial charge < -0.3 is 4.74 Å². The van der Waals surface area contributed by atoms with Crippen molar-refractivity contribution in [3.05, 3.63) is 77.1 Å². The highest BCUT2D eigenvalue weighted by atomic mass is 16.5. The van der Waals surface area contributed by atoms with E-state index in [4.69, 9.17) is 4.74 Å². The smallest absolute Gasteiger partial charge is 0.358 e. The van der Waals surface area contributed by atoms with Crippen LogP contribution in [0.2, 0.25) is 0 Å². The van der Waals surface area contributed by atoms with Gasteiger partial charge in [-0.25, -0.2) is 9.69 Å². The zero-order chi connectivity index (χ0) is 20.4. The molecule has 0 spiro atoms. The lowest BCUT2D eigenvalue weighted by atomic mass is 10.1. The number of nitrogens with zero attached hydrogens (tertiary/aromatic N) is 5. The normalized spacial score (nSPS) is 13.6. The average molecular weight is 389 g/mol. The van der Waals surface area contributed by atoms with Gasteiger partial charge in [-0.3, -0.25) is 9.59 Å². The Morgan fingerprint density at radius 1 is 1.00 bits per heavy atom. The number of esters is 1. The molecule has 144 valence electrons. The molecule has 2 aromatic carbocycles. The maximum Gasteiger partial charge on any atom is 0.358 e. The number of amides is 2. The fraction of sp³-hybridized carbons (Fsp3) is 0.100. The van der Waals surface area contributed by atoms with Crippen LogP contribution in [0.25, 0.3) is 11.8 Å². The van der Waals surface area contributed by atoms with Crippen LogP contribution in [0.1, 0.15) is 32.1 Å². The van der Waals surface area contributed by atoms with E-state index in [1.165, 1.54) is 4.68 Å². The lowest BCUT2D eigenvalue weighted by molar-refractivity contribution is -0.139. The zero-order valence-corrected chi connectivity index (χ0v) is 15.3. The second-order valence-corrected chi connectivity index (χ2v) is 6.22. The second-order valence-electron chi connectivity index (χ2n) is 6.22. The molecule has 0 fully saturated rings. The van der Waals surface area contributed by atoms with E-state index in [0.29, 0.717) is 5.82 Å². The van der Waals surface area contributed by atoms with Gasteiger partial charge in [0.25, 0.3) is 11.8 Å². The summed E-state index contributed by atoms with van der Waals surface area (Å²) in [5, 5.41) is 11.2.